The maximum absolute atomic E-state index is 4.50. The van der Waals surface area contributed by atoms with Crippen LogP contribution in [0.25, 0.3) is 0 Å². The van der Waals surface area contributed by atoms with Crippen LogP contribution < -0.4 is 5.32 Å². The summed E-state index contributed by atoms with van der Waals surface area (Å²) < 4.78 is 0. The Bertz CT molecular complexity index is 318. The molecule has 0 saturated carbocycles. The molecule has 1 aromatic heterocycles. The number of hydrogen-bond donors (Lipinski definition) is 1. The molecule has 1 fully saturated rings. The molecule has 0 aromatic carbocycles. The van der Waals surface area contributed by atoms with Gasteiger partial charge < -0.3 is 5.32 Å². The third kappa shape index (κ3) is 3.54. The molecule has 1 unspecified atom stereocenters. The molecule has 0 amide bonds. The molecule has 0 aliphatic carbocycles. The van der Waals surface area contributed by atoms with Crippen LogP contribution in [-0.4, -0.2) is 36.1 Å². The van der Waals surface area contributed by atoms with Crippen molar-refractivity contribution in [3.8, 4) is 0 Å². The Morgan fingerprint density at radius 3 is 3.06 bits per heavy atom. The van der Waals surface area contributed by atoms with Gasteiger partial charge >= 0.3 is 0 Å². The monoisotopic (exact) mass is 239 g/mol. The van der Waals surface area contributed by atoms with Crippen molar-refractivity contribution >= 4 is 11.3 Å². The Hall–Kier alpha value is -0.450. The van der Waals surface area contributed by atoms with Gasteiger partial charge in [0.05, 0.1) is 10.7 Å². The predicted octanol–water partition coefficient (Wildman–Crippen LogP) is 2.03. The van der Waals surface area contributed by atoms with E-state index in [-0.39, 0.29) is 0 Å². The molecule has 16 heavy (non-hydrogen) atoms. The molecule has 0 bridgehead atoms. The lowest BCUT2D eigenvalue weighted by molar-refractivity contribution is 0.254. The number of thiazole rings is 1. The zero-order valence-electron chi connectivity index (χ0n) is 10.2. The average molecular weight is 239 g/mol. The van der Waals surface area contributed by atoms with Crippen molar-refractivity contribution < 1.29 is 0 Å². The first-order chi connectivity index (χ1) is 7.74. The number of aromatic nitrogens is 1. The summed E-state index contributed by atoms with van der Waals surface area (Å²) >= 11 is 1.74. The van der Waals surface area contributed by atoms with Crippen molar-refractivity contribution in [2.45, 2.75) is 38.8 Å². The Balaban J connectivity index is 1.77. The fourth-order valence-electron chi connectivity index (χ4n) is 2.28. The minimum absolute atomic E-state index is 0.679. The van der Waals surface area contributed by atoms with Gasteiger partial charge in [0.15, 0.2) is 0 Å². The number of piperidine rings is 1. The highest BCUT2D eigenvalue weighted by atomic mass is 32.1. The van der Waals surface area contributed by atoms with Crippen LogP contribution in [0.5, 0.6) is 0 Å². The van der Waals surface area contributed by atoms with Crippen LogP contribution in [-0.2, 0) is 6.54 Å². The van der Waals surface area contributed by atoms with Crippen molar-refractivity contribution in [3.63, 3.8) is 0 Å². The summed E-state index contributed by atoms with van der Waals surface area (Å²) in [5.74, 6) is 0. The Kier molecular flexibility index (Phi) is 4.32. The minimum atomic E-state index is 0.679. The second-order valence-corrected chi connectivity index (χ2v) is 5.76. The molecule has 1 atom stereocenters. The van der Waals surface area contributed by atoms with E-state index in [1.54, 1.807) is 11.3 Å². The topological polar surface area (TPSA) is 28.2 Å². The third-order valence-electron chi connectivity index (χ3n) is 3.04. The smallest absolute Gasteiger partial charge is 0.0897 e. The Morgan fingerprint density at radius 1 is 1.56 bits per heavy atom. The quantitative estimate of drug-likeness (QED) is 0.871. The van der Waals surface area contributed by atoms with Crippen LogP contribution in [0.4, 0.5) is 0 Å². The highest BCUT2D eigenvalue weighted by Crippen LogP contribution is 2.12. The van der Waals surface area contributed by atoms with Crippen LogP contribution in [0, 0.1) is 6.92 Å². The lowest BCUT2D eigenvalue weighted by Gasteiger charge is -2.27. The number of hydrogen-bond acceptors (Lipinski definition) is 4. The van der Waals surface area contributed by atoms with E-state index in [2.05, 4.69) is 34.6 Å². The Morgan fingerprint density at radius 2 is 2.44 bits per heavy atom. The Labute approximate surface area is 102 Å². The molecule has 1 aromatic rings. The van der Waals surface area contributed by atoms with Crippen LogP contribution >= 0.6 is 11.3 Å². The van der Waals surface area contributed by atoms with Crippen LogP contribution in [0.1, 0.15) is 30.0 Å². The average Bonchev–Trinajstić information content (AvgIpc) is 2.65. The van der Waals surface area contributed by atoms with Gasteiger partial charge in [-0.2, -0.15) is 0 Å². The van der Waals surface area contributed by atoms with Gasteiger partial charge in [0.25, 0.3) is 0 Å². The highest BCUT2D eigenvalue weighted by molar-refractivity contribution is 7.09. The van der Waals surface area contributed by atoms with Crippen LogP contribution in [0.15, 0.2) is 5.38 Å². The molecule has 1 N–H and O–H groups in total. The summed E-state index contributed by atoms with van der Waals surface area (Å²) in [5.41, 5.74) is 1.21. The van der Waals surface area contributed by atoms with Crippen LogP contribution in [0.3, 0.4) is 0 Å². The van der Waals surface area contributed by atoms with Gasteiger partial charge in [0, 0.05) is 24.5 Å². The second-order valence-electron chi connectivity index (χ2n) is 4.70. The minimum Gasteiger partial charge on any atom is -0.313 e. The number of likely N-dealkylation sites (N-methyl/N-ethyl adjacent to an activating group) is 1. The summed E-state index contributed by atoms with van der Waals surface area (Å²) in [6.07, 6.45) is 4.03. The summed E-state index contributed by atoms with van der Waals surface area (Å²) in [5, 5.41) is 6.91. The first-order valence-corrected chi connectivity index (χ1v) is 6.95. The van der Waals surface area contributed by atoms with Gasteiger partial charge in [-0.15, -0.1) is 11.3 Å². The fourth-order valence-corrected chi connectivity index (χ4v) is 2.88. The number of aryl methyl sites for hydroxylation is 1. The second kappa shape index (κ2) is 5.75. The van der Waals surface area contributed by atoms with E-state index < -0.39 is 0 Å². The van der Waals surface area contributed by atoms with E-state index in [9.17, 15) is 0 Å². The van der Waals surface area contributed by atoms with Gasteiger partial charge in [-0.3, -0.25) is 4.90 Å². The van der Waals surface area contributed by atoms with E-state index in [4.69, 9.17) is 0 Å². The van der Waals surface area contributed by atoms with Crippen molar-refractivity contribution in [1.82, 2.24) is 15.2 Å². The lowest BCUT2D eigenvalue weighted by Crippen LogP contribution is -2.42. The van der Waals surface area contributed by atoms with E-state index >= 15 is 0 Å². The van der Waals surface area contributed by atoms with Gasteiger partial charge in [-0.05, 0) is 33.4 Å². The molecule has 90 valence electrons. The molecule has 0 spiro atoms. The molecule has 4 heteroatoms. The summed E-state index contributed by atoms with van der Waals surface area (Å²) in [6.45, 7) is 5.37. The largest absolute Gasteiger partial charge is 0.313 e. The molecule has 0 radical (unpaired) electrons. The van der Waals surface area contributed by atoms with Crippen molar-refractivity contribution in [1.29, 1.82) is 0 Å². The van der Waals surface area contributed by atoms with Gasteiger partial charge in [-0.1, -0.05) is 6.42 Å². The van der Waals surface area contributed by atoms with Gasteiger partial charge in [0.1, 0.15) is 0 Å². The maximum atomic E-state index is 4.50. The summed E-state index contributed by atoms with van der Waals surface area (Å²) in [7, 11) is 2.19. The number of nitrogens with one attached hydrogen (secondary N) is 1. The predicted molar refractivity (Wildman–Crippen MR) is 68.8 cm³/mol. The SMILES string of the molecule is Cc1nc(CN(C)CC2CCCCN2)cs1. The molecular weight excluding hydrogens is 218 g/mol. The van der Waals surface area contributed by atoms with E-state index in [1.165, 1.54) is 36.5 Å². The molecule has 2 heterocycles. The van der Waals surface area contributed by atoms with Crippen molar-refractivity contribution in [2.24, 2.45) is 0 Å². The zero-order chi connectivity index (χ0) is 11.4. The molecule has 1 saturated heterocycles. The van der Waals surface area contributed by atoms with Gasteiger partial charge in [-0.25, -0.2) is 4.98 Å². The van der Waals surface area contributed by atoms with E-state index in [0.717, 1.165) is 13.1 Å². The standard InChI is InChI=1S/C12H21N3S/c1-10-14-12(9-16-10)8-15(2)7-11-5-3-4-6-13-11/h9,11,13H,3-8H2,1-2H3. The van der Waals surface area contributed by atoms with Crippen LogP contribution in [0.2, 0.25) is 0 Å². The third-order valence-corrected chi connectivity index (χ3v) is 3.87. The molecule has 2 rings (SSSR count). The number of rotatable bonds is 4. The molecule has 1 aliphatic heterocycles. The fraction of sp³-hybridized carbons (Fsp3) is 0.750. The van der Waals surface area contributed by atoms with Crippen molar-refractivity contribution in [3.05, 3.63) is 16.1 Å². The van der Waals surface area contributed by atoms with E-state index in [1.807, 2.05) is 0 Å². The lowest BCUT2D eigenvalue weighted by atomic mass is 10.0. The summed E-state index contributed by atoms with van der Waals surface area (Å²) in [6, 6.07) is 0.679. The van der Waals surface area contributed by atoms with E-state index in [0.29, 0.717) is 6.04 Å². The number of nitrogens with zero attached hydrogens (tertiary/aromatic N) is 2. The maximum Gasteiger partial charge on any atom is 0.0897 e. The first-order valence-electron chi connectivity index (χ1n) is 6.07. The normalized spacial score (nSPS) is 21.6. The molecule has 1 aliphatic rings. The highest BCUT2D eigenvalue weighted by Gasteiger charge is 2.14. The molecule has 3 nitrogen and oxygen atoms in total. The summed E-state index contributed by atoms with van der Waals surface area (Å²) in [4.78, 5) is 6.87. The zero-order valence-corrected chi connectivity index (χ0v) is 11.0. The molecular formula is C12H21N3S. The van der Waals surface area contributed by atoms with Gasteiger partial charge in [0.2, 0.25) is 0 Å². The van der Waals surface area contributed by atoms with Crippen molar-refractivity contribution in [2.75, 3.05) is 20.1 Å². The first kappa shape index (κ1) is 12.0.